The van der Waals surface area contributed by atoms with E-state index in [0.29, 0.717) is 12.2 Å². The number of nitrogens with one attached hydrogen (secondary N) is 1. The Morgan fingerprint density at radius 1 is 1.50 bits per heavy atom. The molecule has 0 amide bonds. The molecular formula is C10H15F3N2O. The minimum atomic E-state index is -4.11. The van der Waals surface area contributed by atoms with Gasteiger partial charge in [0.1, 0.15) is 5.76 Å². The highest BCUT2D eigenvalue weighted by Crippen LogP contribution is 2.27. The number of aryl methyl sites for hydroxylation is 1. The van der Waals surface area contributed by atoms with Crippen LogP contribution in [-0.4, -0.2) is 6.18 Å². The summed E-state index contributed by atoms with van der Waals surface area (Å²) in [6.07, 6.45) is -3.09. The van der Waals surface area contributed by atoms with Crippen LogP contribution < -0.4 is 11.3 Å². The Bertz CT molecular complexity index is 322. The Balaban J connectivity index is 2.48. The number of halogens is 3. The van der Waals surface area contributed by atoms with Crippen molar-refractivity contribution in [2.45, 2.75) is 38.4 Å². The molecule has 0 aromatic carbocycles. The zero-order valence-electron chi connectivity index (χ0n) is 8.97. The van der Waals surface area contributed by atoms with Gasteiger partial charge in [0.15, 0.2) is 0 Å². The van der Waals surface area contributed by atoms with E-state index in [9.17, 15) is 13.2 Å². The minimum Gasteiger partial charge on any atom is -0.467 e. The molecule has 0 radical (unpaired) electrons. The smallest absolute Gasteiger partial charge is 0.389 e. The van der Waals surface area contributed by atoms with Gasteiger partial charge < -0.3 is 4.42 Å². The van der Waals surface area contributed by atoms with E-state index in [1.54, 1.807) is 6.07 Å². The Morgan fingerprint density at radius 2 is 2.19 bits per heavy atom. The van der Waals surface area contributed by atoms with Crippen molar-refractivity contribution >= 4 is 0 Å². The summed E-state index contributed by atoms with van der Waals surface area (Å²) in [5.41, 5.74) is 3.35. The first-order valence-corrected chi connectivity index (χ1v) is 5.01. The predicted octanol–water partition coefficient (Wildman–Crippen LogP) is 2.83. The number of rotatable bonds is 5. The van der Waals surface area contributed by atoms with E-state index in [1.807, 2.05) is 6.92 Å². The molecule has 1 rings (SSSR count). The fraction of sp³-hybridized carbons (Fsp3) is 0.600. The predicted molar refractivity (Wildman–Crippen MR) is 53.4 cm³/mol. The Kier molecular flexibility index (Phi) is 4.37. The summed E-state index contributed by atoms with van der Waals surface area (Å²) in [5.74, 6) is 5.89. The number of alkyl halides is 3. The summed E-state index contributed by atoms with van der Waals surface area (Å²) >= 11 is 0. The molecule has 0 aliphatic heterocycles. The first-order valence-electron chi connectivity index (χ1n) is 5.01. The summed E-state index contributed by atoms with van der Waals surface area (Å²) in [6.45, 7) is 1.83. The molecule has 0 bridgehead atoms. The topological polar surface area (TPSA) is 51.2 Å². The van der Waals surface area contributed by atoms with E-state index in [2.05, 4.69) is 5.43 Å². The molecule has 1 heterocycles. The third-order valence-corrected chi connectivity index (χ3v) is 2.37. The lowest BCUT2D eigenvalue weighted by molar-refractivity contribution is -0.135. The second-order valence-corrected chi connectivity index (χ2v) is 3.69. The first-order chi connectivity index (χ1) is 7.44. The largest absolute Gasteiger partial charge is 0.467 e. The molecule has 92 valence electrons. The second-order valence-electron chi connectivity index (χ2n) is 3.69. The molecule has 3 N–H and O–H groups in total. The highest BCUT2D eigenvalue weighted by atomic mass is 19.4. The van der Waals surface area contributed by atoms with Crippen molar-refractivity contribution < 1.29 is 17.6 Å². The van der Waals surface area contributed by atoms with Crippen LogP contribution >= 0.6 is 0 Å². The van der Waals surface area contributed by atoms with Crippen LogP contribution in [0.3, 0.4) is 0 Å². The molecule has 3 nitrogen and oxygen atoms in total. The summed E-state index contributed by atoms with van der Waals surface area (Å²) in [4.78, 5) is 0. The highest BCUT2D eigenvalue weighted by molar-refractivity contribution is 5.17. The van der Waals surface area contributed by atoms with Gasteiger partial charge in [-0.05, 0) is 31.4 Å². The Labute approximate surface area is 91.8 Å². The van der Waals surface area contributed by atoms with E-state index in [0.717, 1.165) is 5.56 Å². The normalized spacial score (nSPS) is 14.1. The van der Waals surface area contributed by atoms with Crippen LogP contribution in [0.15, 0.2) is 16.7 Å². The van der Waals surface area contributed by atoms with E-state index < -0.39 is 12.6 Å². The van der Waals surface area contributed by atoms with Crippen LogP contribution in [0.4, 0.5) is 13.2 Å². The van der Waals surface area contributed by atoms with Gasteiger partial charge in [-0.25, -0.2) is 5.43 Å². The van der Waals surface area contributed by atoms with Crippen molar-refractivity contribution in [1.29, 1.82) is 0 Å². The second kappa shape index (κ2) is 5.36. The van der Waals surface area contributed by atoms with Crippen LogP contribution in [0.25, 0.3) is 0 Å². The number of furan rings is 1. The molecule has 0 spiro atoms. The maximum Gasteiger partial charge on any atom is 0.389 e. The first kappa shape index (κ1) is 13.1. The maximum absolute atomic E-state index is 12.0. The van der Waals surface area contributed by atoms with Crippen molar-refractivity contribution in [1.82, 2.24) is 5.43 Å². The van der Waals surface area contributed by atoms with Gasteiger partial charge in [-0.15, -0.1) is 0 Å². The Morgan fingerprint density at radius 3 is 2.62 bits per heavy atom. The fourth-order valence-corrected chi connectivity index (χ4v) is 1.54. The lowest BCUT2D eigenvalue weighted by Gasteiger charge is -2.14. The molecule has 1 atom stereocenters. The molecule has 16 heavy (non-hydrogen) atoms. The van der Waals surface area contributed by atoms with Crippen LogP contribution in [0, 0.1) is 6.92 Å². The SMILES string of the molecule is Cc1ccoc1C(CCCC(F)(F)F)NN. The molecule has 0 saturated carbocycles. The van der Waals surface area contributed by atoms with Crippen molar-refractivity contribution in [2.24, 2.45) is 5.84 Å². The van der Waals surface area contributed by atoms with Crippen molar-refractivity contribution in [3.05, 3.63) is 23.7 Å². The lowest BCUT2D eigenvalue weighted by atomic mass is 10.1. The van der Waals surface area contributed by atoms with E-state index in [4.69, 9.17) is 10.3 Å². The standard InChI is InChI=1S/C10H15F3N2O/c1-7-4-6-16-9(7)8(15-14)3-2-5-10(11,12)13/h4,6,8,15H,2-3,5,14H2,1H3. The third kappa shape index (κ3) is 3.86. The van der Waals surface area contributed by atoms with Gasteiger partial charge >= 0.3 is 6.18 Å². The summed E-state index contributed by atoms with van der Waals surface area (Å²) < 4.78 is 41.0. The number of hydrogen-bond acceptors (Lipinski definition) is 3. The van der Waals surface area contributed by atoms with Crippen LogP contribution in [0.2, 0.25) is 0 Å². The maximum atomic E-state index is 12.0. The molecule has 1 aromatic rings. The van der Waals surface area contributed by atoms with Gasteiger partial charge in [-0.3, -0.25) is 5.84 Å². The average molecular weight is 236 g/mol. The van der Waals surface area contributed by atoms with E-state index in [1.165, 1.54) is 6.26 Å². The van der Waals surface area contributed by atoms with Crippen molar-refractivity contribution in [3.8, 4) is 0 Å². The summed E-state index contributed by atoms with van der Waals surface area (Å²) in [6, 6.07) is 1.39. The van der Waals surface area contributed by atoms with Crippen LogP contribution in [0.1, 0.15) is 36.6 Å². The van der Waals surface area contributed by atoms with Gasteiger partial charge in [-0.1, -0.05) is 0 Å². The van der Waals surface area contributed by atoms with Crippen LogP contribution in [0.5, 0.6) is 0 Å². The molecular weight excluding hydrogens is 221 g/mol. The van der Waals surface area contributed by atoms with E-state index >= 15 is 0 Å². The molecule has 0 fully saturated rings. The average Bonchev–Trinajstić information content (AvgIpc) is 2.58. The number of hydrazine groups is 1. The lowest BCUT2D eigenvalue weighted by Crippen LogP contribution is -2.28. The number of hydrogen-bond donors (Lipinski definition) is 2. The van der Waals surface area contributed by atoms with Gasteiger partial charge in [-0.2, -0.15) is 13.2 Å². The highest BCUT2D eigenvalue weighted by Gasteiger charge is 2.27. The number of nitrogens with two attached hydrogens (primary N) is 1. The monoisotopic (exact) mass is 236 g/mol. The molecule has 1 unspecified atom stereocenters. The van der Waals surface area contributed by atoms with Gasteiger partial charge in [0, 0.05) is 6.42 Å². The summed E-state index contributed by atoms with van der Waals surface area (Å²) in [7, 11) is 0. The molecule has 6 heteroatoms. The Hall–Kier alpha value is -1.01. The summed E-state index contributed by atoms with van der Waals surface area (Å²) in [5, 5.41) is 0. The molecule has 0 saturated heterocycles. The minimum absolute atomic E-state index is 0.0263. The zero-order chi connectivity index (χ0) is 12.2. The third-order valence-electron chi connectivity index (χ3n) is 2.37. The zero-order valence-corrected chi connectivity index (χ0v) is 8.97. The van der Waals surface area contributed by atoms with Gasteiger partial charge in [0.2, 0.25) is 0 Å². The molecule has 0 aliphatic carbocycles. The van der Waals surface area contributed by atoms with Gasteiger partial charge in [0.25, 0.3) is 0 Å². The van der Waals surface area contributed by atoms with Crippen LogP contribution in [-0.2, 0) is 0 Å². The molecule has 0 aliphatic rings. The van der Waals surface area contributed by atoms with Crippen molar-refractivity contribution in [2.75, 3.05) is 0 Å². The molecule has 1 aromatic heterocycles. The van der Waals surface area contributed by atoms with E-state index in [-0.39, 0.29) is 12.5 Å². The quantitative estimate of drug-likeness (QED) is 0.610. The van der Waals surface area contributed by atoms with Gasteiger partial charge in [0.05, 0.1) is 12.3 Å². The fourth-order valence-electron chi connectivity index (χ4n) is 1.54. The van der Waals surface area contributed by atoms with Crippen molar-refractivity contribution in [3.63, 3.8) is 0 Å².